The maximum Gasteiger partial charge on any atom is 0.278 e. The van der Waals surface area contributed by atoms with Gasteiger partial charge in [0.1, 0.15) is 0 Å². The Morgan fingerprint density at radius 3 is 2.68 bits per heavy atom. The van der Waals surface area contributed by atoms with Crippen molar-refractivity contribution < 1.29 is 10.0 Å². The summed E-state index contributed by atoms with van der Waals surface area (Å²) in [5.74, 6) is 0.221. The summed E-state index contributed by atoms with van der Waals surface area (Å²) in [4.78, 5) is 12.7. The lowest BCUT2D eigenvalue weighted by Crippen LogP contribution is -2.29. The van der Waals surface area contributed by atoms with Crippen molar-refractivity contribution in [2.45, 2.75) is 26.5 Å². The van der Waals surface area contributed by atoms with Crippen LogP contribution in [-0.2, 0) is 6.54 Å². The number of nitrogens with zero attached hydrogens (tertiary/aromatic N) is 1. The molecule has 0 fully saturated rings. The molecule has 0 bridgehead atoms. The predicted octanol–water partition coefficient (Wildman–Crippen LogP) is 3.43. The third-order valence-corrected chi connectivity index (χ3v) is 4.57. The lowest BCUT2D eigenvalue weighted by Gasteiger charge is -2.14. The number of nitrogens with one attached hydrogen (secondary N) is 1. The molecule has 1 heterocycles. The zero-order chi connectivity index (χ0) is 16.1. The van der Waals surface area contributed by atoms with Crippen molar-refractivity contribution in [1.82, 2.24) is 5.32 Å². The molecule has 0 aliphatic heterocycles. The van der Waals surface area contributed by atoms with E-state index in [0.29, 0.717) is 18.7 Å². The summed E-state index contributed by atoms with van der Waals surface area (Å²) in [5.41, 5.74) is 0.769. The molecule has 1 atom stereocenters. The van der Waals surface area contributed by atoms with Crippen LogP contribution in [-0.4, -0.2) is 22.7 Å². The second kappa shape index (κ2) is 7.49. The van der Waals surface area contributed by atoms with Gasteiger partial charge in [-0.25, -0.2) is 0 Å². The average molecular weight is 320 g/mol. The van der Waals surface area contributed by atoms with Gasteiger partial charge in [-0.3, -0.25) is 10.1 Å². The van der Waals surface area contributed by atoms with Crippen molar-refractivity contribution in [2.75, 3.05) is 6.54 Å². The van der Waals surface area contributed by atoms with Gasteiger partial charge in [0.15, 0.2) is 0 Å². The van der Waals surface area contributed by atoms with Gasteiger partial charge in [0, 0.05) is 28.9 Å². The Morgan fingerprint density at radius 1 is 1.27 bits per heavy atom. The Bertz CT molecular complexity index is 640. The Hall–Kier alpha value is -1.76. The normalized spacial score (nSPS) is 12.5. The molecule has 1 aromatic carbocycles. The van der Waals surface area contributed by atoms with Gasteiger partial charge in [-0.1, -0.05) is 26.0 Å². The van der Waals surface area contributed by atoms with Crippen LogP contribution in [0.1, 0.15) is 18.7 Å². The van der Waals surface area contributed by atoms with Crippen LogP contribution in [0.5, 0.6) is 0 Å². The first-order valence-corrected chi connectivity index (χ1v) is 8.02. The van der Waals surface area contributed by atoms with Crippen LogP contribution in [0.4, 0.5) is 5.69 Å². The standard InChI is InChI=1S/C16H20N2O3S/c1-11(2)15(19)10-17-9-12-7-8-16(22-12)13-5-3-4-6-14(13)18(20)21/h3-8,11,15,17,19H,9-10H2,1-2H3. The van der Waals surface area contributed by atoms with Crippen molar-refractivity contribution in [2.24, 2.45) is 5.92 Å². The molecule has 0 saturated heterocycles. The fourth-order valence-electron chi connectivity index (χ4n) is 2.04. The molecule has 6 heteroatoms. The van der Waals surface area contributed by atoms with Crippen LogP contribution in [0.2, 0.25) is 0 Å². The molecular weight excluding hydrogens is 300 g/mol. The zero-order valence-electron chi connectivity index (χ0n) is 12.7. The molecule has 5 nitrogen and oxygen atoms in total. The van der Waals surface area contributed by atoms with Gasteiger partial charge in [-0.15, -0.1) is 11.3 Å². The van der Waals surface area contributed by atoms with Gasteiger partial charge < -0.3 is 10.4 Å². The van der Waals surface area contributed by atoms with Crippen LogP contribution in [0, 0.1) is 16.0 Å². The summed E-state index contributed by atoms with van der Waals surface area (Å²) in [7, 11) is 0. The minimum absolute atomic E-state index is 0.124. The molecule has 22 heavy (non-hydrogen) atoms. The third-order valence-electron chi connectivity index (χ3n) is 3.45. The summed E-state index contributed by atoms with van der Waals surface area (Å²) < 4.78 is 0. The Kier molecular flexibility index (Phi) is 5.65. The second-order valence-electron chi connectivity index (χ2n) is 5.48. The summed E-state index contributed by atoms with van der Waals surface area (Å²) in [5, 5.41) is 24.0. The molecule has 0 spiro atoms. The molecule has 2 rings (SSSR count). The van der Waals surface area contributed by atoms with Crippen LogP contribution >= 0.6 is 11.3 Å². The van der Waals surface area contributed by atoms with Gasteiger partial charge >= 0.3 is 0 Å². The van der Waals surface area contributed by atoms with Gasteiger partial charge in [0.2, 0.25) is 0 Å². The van der Waals surface area contributed by atoms with E-state index in [9.17, 15) is 15.2 Å². The molecule has 118 valence electrons. The fraction of sp³-hybridized carbons (Fsp3) is 0.375. The molecule has 0 amide bonds. The van der Waals surface area contributed by atoms with E-state index in [1.165, 1.54) is 17.4 Å². The number of nitro groups is 1. The summed E-state index contributed by atoms with van der Waals surface area (Å²) in [6, 6.07) is 10.6. The minimum Gasteiger partial charge on any atom is -0.392 e. The lowest BCUT2D eigenvalue weighted by molar-refractivity contribution is -0.384. The molecule has 0 aliphatic carbocycles. The van der Waals surface area contributed by atoms with Gasteiger partial charge in [-0.2, -0.15) is 0 Å². The third kappa shape index (κ3) is 4.13. The van der Waals surface area contributed by atoms with Gasteiger partial charge in [0.25, 0.3) is 5.69 Å². The smallest absolute Gasteiger partial charge is 0.278 e. The number of thiophene rings is 1. The first kappa shape index (κ1) is 16.6. The Balaban J connectivity index is 2.05. The first-order valence-electron chi connectivity index (χ1n) is 7.20. The topological polar surface area (TPSA) is 75.4 Å². The number of para-hydroxylation sites is 1. The molecule has 2 aromatic rings. The van der Waals surface area contributed by atoms with E-state index in [0.717, 1.165) is 9.75 Å². The maximum atomic E-state index is 11.1. The van der Waals surface area contributed by atoms with Crippen LogP contribution in [0.3, 0.4) is 0 Å². The van der Waals surface area contributed by atoms with E-state index in [2.05, 4.69) is 5.32 Å². The molecule has 0 aliphatic rings. The van der Waals surface area contributed by atoms with Crippen LogP contribution in [0.15, 0.2) is 36.4 Å². The fourth-order valence-corrected chi connectivity index (χ4v) is 3.05. The molecule has 0 radical (unpaired) electrons. The van der Waals surface area contributed by atoms with E-state index in [1.807, 2.05) is 26.0 Å². The zero-order valence-corrected chi connectivity index (χ0v) is 13.5. The second-order valence-corrected chi connectivity index (χ2v) is 6.65. The number of aliphatic hydroxyl groups is 1. The summed E-state index contributed by atoms with van der Waals surface area (Å²) in [6.07, 6.45) is -0.366. The number of rotatable bonds is 7. The van der Waals surface area contributed by atoms with Crippen molar-refractivity contribution in [1.29, 1.82) is 0 Å². The van der Waals surface area contributed by atoms with E-state index in [-0.39, 0.29) is 22.6 Å². The highest BCUT2D eigenvalue weighted by Crippen LogP contribution is 2.34. The predicted molar refractivity (Wildman–Crippen MR) is 89.0 cm³/mol. The number of nitro benzene ring substituents is 1. The number of benzene rings is 1. The largest absolute Gasteiger partial charge is 0.392 e. The minimum atomic E-state index is -0.366. The van der Waals surface area contributed by atoms with Gasteiger partial charge in [-0.05, 0) is 24.1 Å². The number of hydrogen-bond acceptors (Lipinski definition) is 5. The highest BCUT2D eigenvalue weighted by molar-refractivity contribution is 7.15. The van der Waals surface area contributed by atoms with Gasteiger partial charge in [0.05, 0.1) is 16.6 Å². The Labute approximate surface area is 133 Å². The van der Waals surface area contributed by atoms with Crippen molar-refractivity contribution in [3.8, 4) is 10.4 Å². The monoisotopic (exact) mass is 320 g/mol. The highest BCUT2D eigenvalue weighted by atomic mass is 32.1. The quantitative estimate of drug-likeness (QED) is 0.605. The molecule has 1 aromatic heterocycles. The Morgan fingerprint density at radius 2 is 2.00 bits per heavy atom. The maximum absolute atomic E-state index is 11.1. The lowest BCUT2D eigenvalue weighted by atomic mass is 10.1. The summed E-state index contributed by atoms with van der Waals surface area (Å²) >= 11 is 1.53. The van der Waals surface area contributed by atoms with Crippen molar-refractivity contribution in [3.63, 3.8) is 0 Å². The van der Waals surface area contributed by atoms with E-state index in [4.69, 9.17) is 0 Å². The average Bonchev–Trinajstić information content (AvgIpc) is 2.95. The first-order chi connectivity index (χ1) is 10.5. The molecule has 2 N–H and O–H groups in total. The number of hydrogen-bond donors (Lipinski definition) is 2. The van der Waals surface area contributed by atoms with Crippen molar-refractivity contribution >= 4 is 17.0 Å². The van der Waals surface area contributed by atoms with Crippen molar-refractivity contribution in [3.05, 3.63) is 51.4 Å². The number of aliphatic hydroxyl groups excluding tert-OH is 1. The molecule has 1 unspecified atom stereocenters. The molecule has 0 saturated carbocycles. The van der Waals surface area contributed by atoms with E-state index < -0.39 is 0 Å². The van der Waals surface area contributed by atoms with Crippen LogP contribution < -0.4 is 5.32 Å². The van der Waals surface area contributed by atoms with E-state index in [1.54, 1.807) is 18.2 Å². The van der Waals surface area contributed by atoms with E-state index >= 15 is 0 Å². The highest BCUT2D eigenvalue weighted by Gasteiger charge is 2.15. The molecular formula is C16H20N2O3S. The SMILES string of the molecule is CC(C)C(O)CNCc1ccc(-c2ccccc2[N+](=O)[O-])s1. The summed E-state index contributed by atoms with van der Waals surface area (Å²) in [6.45, 7) is 5.14. The van der Waals surface area contributed by atoms with Crippen LogP contribution in [0.25, 0.3) is 10.4 Å².